The van der Waals surface area contributed by atoms with Gasteiger partial charge in [-0.25, -0.2) is 9.59 Å². The molecular formula is C19H13NO5. The summed E-state index contributed by atoms with van der Waals surface area (Å²) in [7, 11) is 0. The maximum absolute atomic E-state index is 12.1. The van der Waals surface area contributed by atoms with Crippen LogP contribution in [0.1, 0.15) is 21.8 Å². The van der Waals surface area contributed by atoms with Gasteiger partial charge in [-0.1, -0.05) is 35.5 Å². The van der Waals surface area contributed by atoms with Gasteiger partial charge in [-0.3, -0.25) is 0 Å². The molecule has 0 saturated carbocycles. The minimum Gasteiger partial charge on any atom is -0.456 e. The molecule has 0 aliphatic rings. The number of carbonyl (C=O) groups excluding carboxylic acids is 1. The van der Waals surface area contributed by atoms with Crippen LogP contribution in [0.15, 0.2) is 62.3 Å². The van der Waals surface area contributed by atoms with Crippen molar-refractivity contribution in [2.24, 2.45) is 0 Å². The Labute approximate surface area is 141 Å². The molecule has 0 unspecified atom stereocenters. The van der Waals surface area contributed by atoms with Gasteiger partial charge in [0.15, 0.2) is 5.69 Å². The van der Waals surface area contributed by atoms with Gasteiger partial charge in [0.2, 0.25) is 0 Å². The van der Waals surface area contributed by atoms with Crippen molar-refractivity contribution in [2.45, 2.75) is 13.5 Å². The van der Waals surface area contributed by atoms with Gasteiger partial charge in [0.25, 0.3) is 0 Å². The lowest BCUT2D eigenvalue weighted by molar-refractivity contribution is 0.0462. The van der Waals surface area contributed by atoms with Crippen LogP contribution in [0, 0.1) is 6.92 Å². The maximum Gasteiger partial charge on any atom is 0.360 e. The van der Waals surface area contributed by atoms with Crippen molar-refractivity contribution in [1.82, 2.24) is 5.16 Å². The minimum atomic E-state index is -0.613. The van der Waals surface area contributed by atoms with E-state index in [1.807, 2.05) is 30.3 Å². The molecule has 0 bridgehead atoms. The van der Waals surface area contributed by atoms with Crippen LogP contribution in [-0.4, -0.2) is 11.1 Å². The highest BCUT2D eigenvalue weighted by Gasteiger charge is 2.15. The number of esters is 1. The molecular weight excluding hydrogens is 322 g/mol. The number of aromatic nitrogens is 1. The van der Waals surface area contributed by atoms with E-state index in [-0.39, 0.29) is 12.3 Å². The van der Waals surface area contributed by atoms with E-state index >= 15 is 0 Å². The van der Waals surface area contributed by atoms with Gasteiger partial charge in [-0.2, -0.15) is 0 Å². The van der Waals surface area contributed by atoms with E-state index in [0.29, 0.717) is 16.9 Å². The third-order valence-corrected chi connectivity index (χ3v) is 3.91. The molecule has 6 nitrogen and oxygen atoms in total. The van der Waals surface area contributed by atoms with E-state index in [4.69, 9.17) is 13.7 Å². The summed E-state index contributed by atoms with van der Waals surface area (Å²) in [5.41, 5.74) is 0.631. The number of aryl methyl sites for hydroxylation is 1. The van der Waals surface area contributed by atoms with E-state index < -0.39 is 11.6 Å². The van der Waals surface area contributed by atoms with Gasteiger partial charge >= 0.3 is 11.6 Å². The predicted molar refractivity (Wildman–Crippen MR) is 90.3 cm³/mol. The summed E-state index contributed by atoms with van der Waals surface area (Å²) < 4.78 is 15.4. The molecule has 0 aliphatic carbocycles. The van der Waals surface area contributed by atoms with Gasteiger partial charge in [0.05, 0.1) is 0 Å². The molecule has 0 radical (unpaired) electrons. The van der Waals surface area contributed by atoms with Crippen LogP contribution in [0.25, 0.3) is 21.7 Å². The second kappa shape index (κ2) is 5.90. The summed E-state index contributed by atoms with van der Waals surface area (Å²) >= 11 is 0. The summed E-state index contributed by atoms with van der Waals surface area (Å²) in [6, 6.07) is 14.2. The van der Waals surface area contributed by atoms with Crippen LogP contribution in [0.3, 0.4) is 0 Å². The molecule has 6 heteroatoms. The van der Waals surface area contributed by atoms with Crippen molar-refractivity contribution in [1.29, 1.82) is 0 Å². The Hall–Kier alpha value is -3.41. The zero-order valence-electron chi connectivity index (χ0n) is 13.3. The number of nitrogens with zero attached hydrogens (tertiary/aromatic N) is 1. The first kappa shape index (κ1) is 15.1. The Morgan fingerprint density at radius 2 is 2.00 bits per heavy atom. The molecule has 0 aliphatic heterocycles. The highest BCUT2D eigenvalue weighted by Crippen LogP contribution is 2.27. The number of ether oxygens (including phenoxy) is 1. The molecule has 0 atom stereocenters. The van der Waals surface area contributed by atoms with Crippen molar-refractivity contribution in [2.75, 3.05) is 0 Å². The first-order chi connectivity index (χ1) is 12.1. The molecule has 2 aromatic carbocycles. The SMILES string of the molecule is Cc1cc(C(=O)OCc2cc(=O)oc3ccc4ccccc4c23)no1. The topological polar surface area (TPSA) is 82.5 Å². The highest BCUT2D eigenvalue weighted by molar-refractivity contribution is 6.07. The molecule has 0 amide bonds. The van der Waals surface area contributed by atoms with Crippen molar-refractivity contribution in [3.63, 3.8) is 0 Å². The minimum absolute atomic E-state index is 0.0686. The third-order valence-electron chi connectivity index (χ3n) is 3.91. The second-order valence-electron chi connectivity index (χ2n) is 5.65. The van der Waals surface area contributed by atoms with Crippen LogP contribution in [0.2, 0.25) is 0 Å². The smallest absolute Gasteiger partial charge is 0.360 e. The molecule has 0 spiro atoms. The Morgan fingerprint density at radius 1 is 1.16 bits per heavy atom. The van der Waals surface area contributed by atoms with Crippen LogP contribution < -0.4 is 5.63 Å². The molecule has 0 N–H and O–H groups in total. The van der Waals surface area contributed by atoms with Crippen LogP contribution in [-0.2, 0) is 11.3 Å². The van der Waals surface area contributed by atoms with Crippen molar-refractivity contribution >= 4 is 27.7 Å². The fourth-order valence-electron chi connectivity index (χ4n) is 2.81. The standard InChI is InChI=1S/C19H13NO5/c1-11-8-15(20-25-11)19(22)23-10-13-9-17(21)24-16-7-6-12-4-2-3-5-14(12)18(13)16/h2-9H,10H2,1H3. The Balaban J connectivity index is 1.77. The van der Waals surface area contributed by atoms with E-state index in [1.165, 1.54) is 12.1 Å². The molecule has 0 fully saturated rings. The van der Waals surface area contributed by atoms with E-state index in [1.54, 1.807) is 13.0 Å². The highest BCUT2D eigenvalue weighted by atomic mass is 16.5. The molecule has 25 heavy (non-hydrogen) atoms. The Morgan fingerprint density at radius 3 is 2.80 bits per heavy atom. The van der Waals surface area contributed by atoms with E-state index in [2.05, 4.69) is 5.16 Å². The average Bonchev–Trinajstić information content (AvgIpc) is 3.05. The van der Waals surface area contributed by atoms with E-state index in [9.17, 15) is 9.59 Å². The summed E-state index contributed by atoms with van der Waals surface area (Å²) in [4.78, 5) is 23.9. The summed E-state index contributed by atoms with van der Waals surface area (Å²) in [6.07, 6.45) is 0. The molecule has 4 rings (SSSR count). The van der Waals surface area contributed by atoms with Gasteiger partial charge in [-0.15, -0.1) is 0 Å². The van der Waals surface area contributed by atoms with Gasteiger partial charge in [0.1, 0.15) is 18.0 Å². The number of rotatable bonds is 3. The molecule has 0 saturated heterocycles. The third kappa shape index (κ3) is 2.78. The van der Waals surface area contributed by atoms with E-state index in [0.717, 1.165) is 16.2 Å². The molecule has 124 valence electrons. The normalized spacial score (nSPS) is 11.1. The average molecular weight is 335 g/mol. The Bertz CT molecular complexity index is 1160. The molecule has 4 aromatic rings. The lowest BCUT2D eigenvalue weighted by Crippen LogP contribution is -2.08. The lowest BCUT2D eigenvalue weighted by atomic mass is 10.0. The quantitative estimate of drug-likeness (QED) is 0.323. The maximum atomic E-state index is 12.1. The van der Waals surface area contributed by atoms with Crippen LogP contribution >= 0.6 is 0 Å². The van der Waals surface area contributed by atoms with Crippen LogP contribution in [0.5, 0.6) is 0 Å². The molecule has 2 aromatic heterocycles. The monoisotopic (exact) mass is 335 g/mol. The first-order valence-corrected chi connectivity index (χ1v) is 7.67. The number of hydrogen-bond acceptors (Lipinski definition) is 6. The first-order valence-electron chi connectivity index (χ1n) is 7.67. The van der Waals surface area contributed by atoms with Crippen LogP contribution in [0.4, 0.5) is 0 Å². The fourth-order valence-corrected chi connectivity index (χ4v) is 2.81. The largest absolute Gasteiger partial charge is 0.456 e. The Kier molecular flexibility index (Phi) is 3.57. The molecule has 2 heterocycles. The predicted octanol–water partition coefficient (Wildman–Crippen LogP) is 3.60. The summed E-state index contributed by atoms with van der Waals surface area (Å²) in [5, 5.41) is 6.31. The van der Waals surface area contributed by atoms with Crippen molar-refractivity contribution < 1.29 is 18.5 Å². The second-order valence-corrected chi connectivity index (χ2v) is 5.65. The summed E-state index contributed by atoms with van der Waals surface area (Å²) in [5.74, 6) is -0.0952. The number of hydrogen-bond donors (Lipinski definition) is 0. The van der Waals surface area contributed by atoms with Gasteiger partial charge in [-0.05, 0) is 23.8 Å². The van der Waals surface area contributed by atoms with Crippen molar-refractivity contribution in [3.05, 3.63) is 76.0 Å². The van der Waals surface area contributed by atoms with Gasteiger partial charge in [0, 0.05) is 23.1 Å². The number of benzene rings is 2. The zero-order chi connectivity index (χ0) is 17.4. The fraction of sp³-hybridized carbons (Fsp3) is 0.105. The zero-order valence-corrected chi connectivity index (χ0v) is 13.3. The lowest BCUT2D eigenvalue weighted by Gasteiger charge is -2.09. The number of carbonyl (C=O) groups is 1. The van der Waals surface area contributed by atoms with Crippen molar-refractivity contribution in [3.8, 4) is 0 Å². The number of fused-ring (bicyclic) bond motifs is 3. The van der Waals surface area contributed by atoms with Gasteiger partial charge < -0.3 is 13.7 Å². The summed E-state index contributed by atoms with van der Waals surface area (Å²) in [6.45, 7) is 1.62.